The lowest BCUT2D eigenvalue weighted by atomic mass is 10.1. The molecule has 0 amide bonds. The van der Waals surface area contributed by atoms with Gasteiger partial charge in [0.2, 0.25) is 0 Å². The predicted molar refractivity (Wildman–Crippen MR) is 67.4 cm³/mol. The molecule has 0 aliphatic rings. The van der Waals surface area contributed by atoms with Gasteiger partial charge in [0, 0.05) is 24.1 Å². The van der Waals surface area contributed by atoms with E-state index in [1.165, 1.54) is 6.07 Å². The van der Waals surface area contributed by atoms with Crippen molar-refractivity contribution in [2.24, 2.45) is 0 Å². The molecule has 0 saturated heterocycles. The molecule has 1 atom stereocenters. The van der Waals surface area contributed by atoms with Crippen LogP contribution in [0.1, 0.15) is 31.9 Å². The number of hydrogen-bond acceptors (Lipinski definition) is 2. The summed E-state index contributed by atoms with van der Waals surface area (Å²) in [7, 11) is 0. The minimum atomic E-state index is -0.253. The molecule has 0 heterocycles. The second-order valence-electron chi connectivity index (χ2n) is 3.77. The Balaban J connectivity index is 2.69. The van der Waals surface area contributed by atoms with Gasteiger partial charge in [0.25, 0.3) is 0 Å². The van der Waals surface area contributed by atoms with E-state index in [1.54, 1.807) is 12.1 Å². The Labute approximate surface area is 102 Å². The van der Waals surface area contributed by atoms with Gasteiger partial charge in [0.05, 0.1) is 6.61 Å². The number of terminal acetylenes is 1. The summed E-state index contributed by atoms with van der Waals surface area (Å²) in [5, 5.41) is 3.17. The zero-order valence-electron chi connectivity index (χ0n) is 10.3. The lowest BCUT2D eigenvalue weighted by Gasteiger charge is -2.14. The van der Waals surface area contributed by atoms with Crippen molar-refractivity contribution in [3.63, 3.8) is 0 Å². The highest BCUT2D eigenvalue weighted by atomic mass is 19.1. The highest BCUT2D eigenvalue weighted by Crippen LogP contribution is 2.21. The molecule has 1 aromatic rings. The Bertz CT molecular complexity index is 398. The smallest absolute Gasteiger partial charge is 0.131 e. The third-order valence-corrected chi connectivity index (χ3v) is 2.46. The van der Waals surface area contributed by atoms with Crippen LogP contribution >= 0.6 is 0 Å². The van der Waals surface area contributed by atoms with Gasteiger partial charge >= 0.3 is 0 Å². The van der Waals surface area contributed by atoms with Crippen LogP contribution in [0.25, 0.3) is 0 Å². The molecule has 2 nitrogen and oxygen atoms in total. The van der Waals surface area contributed by atoms with Crippen molar-refractivity contribution in [2.75, 3.05) is 13.2 Å². The van der Waals surface area contributed by atoms with Crippen LogP contribution in [0.5, 0.6) is 5.75 Å². The van der Waals surface area contributed by atoms with Crippen LogP contribution in [0.2, 0.25) is 0 Å². The second kappa shape index (κ2) is 6.93. The van der Waals surface area contributed by atoms with Crippen LogP contribution in [0, 0.1) is 18.2 Å². The summed E-state index contributed by atoms with van der Waals surface area (Å²) in [6, 6.07) is 4.91. The first kappa shape index (κ1) is 13.5. The molecule has 0 spiro atoms. The maximum atomic E-state index is 13.8. The van der Waals surface area contributed by atoms with Crippen molar-refractivity contribution in [2.45, 2.75) is 26.3 Å². The molecule has 1 aromatic carbocycles. The average Bonchev–Trinajstić information content (AvgIpc) is 2.29. The SMILES string of the molecule is C#CCCOc1ccc(C(C)NCC)c(F)c1. The van der Waals surface area contributed by atoms with Gasteiger partial charge in [-0.2, -0.15) is 0 Å². The van der Waals surface area contributed by atoms with Gasteiger partial charge in [-0.05, 0) is 19.5 Å². The van der Waals surface area contributed by atoms with E-state index >= 15 is 0 Å². The number of ether oxygens (including phenoxy) is 1. The Morgan fingerprint density at radius 1 is 1.53 bits per heavy atom. The Kier molecular flexibility index (Phi) is 5.51. The van der Waals surface area contributed by atoms with Crippen LogP contribution in [0.3, 0.4) is 0 Å². The fraction of sp³-hybridized carbons (Fsp3) is 0.429. The summed E-state index contributed by atoms with van der Waals surface area (Å²) >= 11 is 0. The van der Waals surface area contributed by atoms with Crippen molar-refractivity contribution in [3.8, 4) is 18.1 Å². The third-order valence-electron chi connectivity index (χ3n) is 2.46. The van der Waals surface area contributed by atoms with E-state index in [4.69, 9.17) is 11.2 Å². The molecule has 0 aliphatic carbocycles. The maximum Gasteiger partial charge on any atom is 0.131 e. The van der Waals surface area contributed by atoms with E-state index in [0.29, 0.717) is 24.3 Å². The average molecular weight is 235 g/mol. The number of rotatable bonds is 6. The first-order valence-electron chi connectivity index (χ1n) is 5.78. The predicted octanol–water partition coefficient (Wildman–Crippen LogP) is 2.90. The molecule has 92 valence electrons. The molecule has 1 rings (SSSR count). The van der Waals surface area contributed by atoms with Gasteiger partial charge < -0.3 is 10.1 Å². The first-order valence-corrected chi connectivity index (χ1v) is 5.78. The van der Waals surface area contributed by atoms with E-state index in [2.05, 4.69) is 11.2 Å². The molecule has 1 unspecified atom stereocenters. The summed E-state index contributed by atoms with van der Waals surface area (Å²) < 4.78 is 19.1. The summed E-state index contributed by atoms with van der Waals surface area (Å²) in [6.45, 7) is 5.14. The summed E-state index contributed by atoms with van der Waals surface area (Å²) in [6.07, 6.45) is 5.63. The molecular weight excluding hydrogens is 217 g/mol. The van der Waals surface area contributed by atoms with Crippen LogP contribution in [-0.4, -0.2) is 13.2 Å². The first-order chi connectivity index (χ1) is 8.19. The standard InChI is InChI=1S/C14H18FNO/c1-4-6-9-17-12-7-8-13(14(15)10-12)11(3)16-5-2/h1,7-8,10-11,16H,5-6,9H2,2-3H3. The van der Waals surface area contributed by atoms with Crippen molar-refractivity contribution in [3.05, 3.63) is 29.6 Å². The highest BCUT2D eigenvalue weighted by Gasteiger charge is 2.10. The lowest BCUT2D eigenvalue weighted by molar-refractivity contribution is 0.325. The van der Waals surface area contributed by atoms with Crippen LogP contribution in [-0.2, 0) is 0 Å². The molecule has 0 saturated carbocycles. The van der Waals surface area contributed by atoms with Crippen molar-refractivity contribution in [1.29, 1.82) is 0 Å². The zero-order chi connectivity index (χ0) is 12.7. The van der Waals surface area contributed by atoms with Crippen LogP contribution in [0.15, 0.2) is 18.2 Å². The Hall–Kier alpha value is -1.53. The molecule has 0 aromatic heterocycles. The molecule has 0 aliphatic heterocycles. The van der Waals surface area contributed by atoms with E-state index in [1.807, 2.05) is 13.8 Å². The molecule has 3 heteroatoms. The Morgan fingerprint density at radius 2 is 2.29 bits per heavy atom. The van der Waals surface area contributed by atoms with E-state index < -0.39 is 0 Å². The number of benzene rings is 1. The van der Waals surface area contributed by atoms with Gasteiger partial charge in [-0.25, -0.2) is 4.39 Å². The van der Waals surface area contributed by atoms with Crippen LogP contribution < -0.4 is 10.1 Å². The number of nitrogens with one attached hydrogen (secondary N) is 1. The van der Waals surface area contributed by atoms with E-state index in [9.17, 15) is 4.39 Å². The van der Waals surface area contributed by atoms with Crippen molar-refractivity contribution in [1.82, 2.24) is 5.32 Å². The highest BCUT2D eigenvalue weighted by molar-refractivity contribution is 5.30. The summed E-state index contributed by atoms with van der Waals surface area (Å²) in [4.78, 5) is 0. The van der Waals surface area contributed by atoms with Gasteiger partial charge in [0.15, 0.2) is 0 Å². The summed E-state index contributed by atoms with van der Waals surface area (Å²) in [5.74, 6) is 2.74. The lowest BCUT2D eigenvalue weighted by Crippen LogP contribution is -2.18. The van der Waals surface area contributed by atoms with Gasteiger partial charge in [0.1, 0.15) is 11.6 Å². The fourth-order valence-electron chi connectivity index (χ4n) is 1.59. The Morgan fingerprint density at radius 3 is 2.88 bits per heavy atom. The topological polar surface area (TPSA) is 21.3 Å². The zero-order valence-corrected chi connectivity index (χ0v) is 10.3. The minimum absolute atomic E-state index is 0.000224. The van der Waals surface area contributed by atoms with Gasteiger partial charge in [-0.15, -0.1) is 12.3 Å². The molecule has 0 fully saturated rings. The normalized spacial score (nSPS) is 11.9. The van der Waals surface area contributed by atoms with Crippen molar-refractivity contribution < 1.29 is 9.13 Å². The molecule has 17 heavy (non-hydrogen) atoms. The van der Waals surface area contributed by atoms with E-state index in [0.717, 1.165) is 6.54 Å². The minimum Gasteiger partial charge on any atom is -0.492 e. The molecule has 0 bridgehead atoms. The molecular formula is C14H18FNO. The van der Waals surface area contributed by atoms with Crippen LogP contribution in [0.4, 0.5) is 4.39 Å². The maximum absolute atomic E-state index is 13.8. The monoisotopic (exact) mass is 235 g/mol. The summed E-state index contributed by atoms with van der Waals surface area (Å²) in [5.41, 5.74) is 0.649. The molecule has 1 N–H and O–H groups in total. The van der Waals surface area contributed by atoms with Crippen molar-refractivity contribution >= 4 is 0 Å². The van der Waals surface area contributed by atoms with Gasteiger partial charge in [-0.3, -0.25) is 0 Å². The second-order valence-corrected chi connectivity index (χ2v) is 3.77. The quantitative estimate of drug-likeness (QED) is 0.604. The number of hydrogen-bond donors (Lipinski definition) is 1. The van der Waals surface area contributed by atoms with Gasteiger partial charge in [-0.1, -0.05) is 13.0 Å². The number of halogens is 1. The third kappa shape index (κ3) is 4.08. The van der Waals surface area contributed by atoms with E-state index in [-0.39, 0.29) is 11.9 Å². The molecule has 0 radical (unpaired) electrons. The fourth-order valence-corrected chi connectivity index (χ4v) is 1.59. The largest absolute Gasteiger partial charge is 0.492 e.